The molecule has 0 spiro atoms. The normalized spacial score (nSPS) is 22.2. The van der Waals surface area contributed by atoms with Gasteiger partial charge in [0.1, 0.15) is 5.69 Å². The van der Waals surface area contributed by atoms with Crippen molar-refractivity contribution in [3.63, 3.8) is 0 Å². The Labute approximate surface area is 118 Å². The fourth-order valence-electron chi connectivity index (χ4n) is 2.72. The van der Waals surface area contributed by atoms with Gasteiger partial charge in [0.25, 0.3) is 5.91 Å². The lowest BCUT2D eigenvalue weighted by Gasteiger charge is -2.35. The minimum atomic E-state index is -0.104. The molecule has 5 heteroatoms. The maximum Gasteiger partial charge on any atom is 0.268 e. The quantitative estimate of drug-likeness (QED) is 0.893. The molecule has 0 atom stereocenters. The summed E-state index contributed by atoms with van der Waals surface area (Å²) in [7, 11) is 0. The van der Waals surface area contributed by atoms with Crippen molar-refractivity contribution >= 4 is 17.5 Å². The van der Waals surface area contributed by atoms with Crippen LogP contribution in [0.5, 0.6) is 0 Å². The van der Waals surface area contributed by atoms with E-state index in [2.05, 4.69) is 17.6 Å². The SMILES string of the molecule is CC1(NC(=O)c2cc(Cl)cn2C2CC2)CCNCC1. The van der Waals surface area contributed by atoms with Crippen molar-refractivity contribution < 1.29 is 4.79 Å². The second-order valence-corrected chi connectivity index (χ2v) is 6.38. The van der Waals surface area contributed by atoms with Gasteiger partial charge in [0.15, 0.2) is 0 Å². The van der Waals surface area contributed by atoms with E-state index in [-0.39, 0.29) is 11.4 Å². The molecular formula is C14H20ClN3O. The molecule has 104 valence electrons. The first kappa shape index (κ1) is 13.0. The van der Waals surface area contributed by atoms with Crippen molar-refractivity contribution in [1.29, 1.82) is 0 Å². The predicted octanol–water partition coefficient (Wildman–Crippen LogP) is 2.35. The lowest BCUT2D eigenvalue weighted by molar-refractivity contribution is 0.0877. The van der Waals surface area contributed by atoms with Crippen molar-refractivity contribution in [2.24, 2.45) is 0 Å². The first-order valence-corrected chi connectivity index (χ1v) is 7.36. The number of amides is 1. The molecule has 0 unspecified atom stereocenters. The summed E-state index contributed by atoms with van der Waals surface area (Å²) in [6, 6.07) is 2.24. The Kier molecular flexibility index (Phi) is 3.31. The number of aromatic nitrogens is 1. The number of rotatable bonds is 3. The number of piperidine rings is 1. The van der Waals surface area contributed by atoms with E-state index in [0.29, 0.717) is 16.8 Å². The Morgan fingerprint density at radius 2 is 2.16 bits per heavy atom. The van der Waals surface area contributed by atoms with E-state index < -0.39 is 0 Å². The summed E-state index contributed by atoms with van der Waals surface area (Å²) in [4.78, 5) is 12.5. The number of hydrogen-bond donors (Lipinski definition) is 2. The summed E-state index contributed by atoms with van der Waals surface area (Å²) in [5, 5.41) is 7.15. The van der Waals surface area contributed by atoms with Gasteiger partial charge in [-0.15, -0.1) is 0 Å². The van der Waals surface area contributed by atoms with Crippen LogP contribution < -0.4 is 10.6 Å². The molecule has 1 aliphatic heterocycles. The summed E-state index contributed by atoms with van der Waals surface area (Å²) < 4.78 is 2.03. The highest BCUT2D eigenvalue weighted by Crippen LogP contribution is 2.37. The number of nitrogens with one attached hydrogen (secondary N) is 2. The van der Waals surface area contributed by atoms with Gasteiger partial charge < -0.3 is 15.2 Å². The maximum absolute atomic E-state index is 12.5. The van der Waals surface area contributed by atoms with Crippen LogP contribution in [0.1, 0.15) is 49.1 Å². The second kappa shape index (κ2) is 4.84. The zero-order valence-corrected chi connectivity index (χ0v) is 12.0. The highest BCUT2D eigenvalue weighted by Gasteiger charge is 2.32. The molecule has 1 aliphatic carbocycles. The third kappa shape index (κ3) is 2.79. The van der Waals surface area contributed by atoms with Crippen molar-refractivity contribution in [3.8, 4) is 0 Å². The van der Waals surface area contributed by atoms with Crippen molar-refractivity contribution in [2.45, 2.75) is 44.2 Å². The molecule has 3 rings (SSSR count). The third-order valence-electron chi connectivity index (χ3n) is 4.11. The van der Waals surface area contributed by atoms with Crippen molar-refractivity contribution in [1.82, 2.24) is 15.2 Å². The van der Waals surface area contributed by atoms with E-state index in [1.165, 1.54) is 0 Å². The van der Waals surface area contributed by atoms with E-state index in [9.17, 15) is 4.79 Å². The number of carbonyl (C=O) groups excluding carboxylic acids is 1. The van der Waals surface area contributed by atoms with Gasteiger partial charge in [0, 0.05) is 17.8 Å². The highest BCUT2D eigenvalue weighted by atomic mass is 35.5. The van der Waals surface area contributed by atoms with Gasteiger partial charge in [-0.2, -0.15) is 0 Å². The Bertz CT molecular complexity index is 487. The third-order valence-corrected chi connectivity index (χ3v) is 4.32. The van der Waals surface area contributed by atoms with E-state index >= 15 is 0 Å². The molecule has 1 aromatic heterocycles. The fraction of sp³-hybridized carbons (Fsp3) is 0.643. The lowest BCUT2D eigenvalue weighted by atomic mass is 9.90. The predicted molar refractivity (Wildman–Crippen MR) is 75.7 cm³/mol. The molecule has 0 radical (unpaired) electrons. The maximum atomic E-state index is 12.5. The molecule has 1 aromatic rings. The molecule has 19 heavy (non-hydrogen) atoms. The van der Waals surface area contributed by atoms with Crippen LogP contribution >= 0.6 is 11.6 Å². The number of hydrogen-bond acceptors (Lipinski definition) is 2. The van der Waals surface area contributed by atoms with Crippen LogP contribution in [-0.4, -0.2) is 29.1 Å². The smallest absolute Gasteiger partial charge is 0.268 e. The van der Waals surface area contributed by atoms with E-state index in [1.807, 2.05) is 10.8 Å². The zero-order chi connectivity index (χ0) is 13.5. The van der Waals surface area contributed by atoms with E-state index in [0.717, 1.165) is 38.8 Å². The van der Waals surface area contributed by atoms with Gasteiger partial charge in [-0.05, 0) is 51.8 Å². The molecule has 0 aromatic carbocycles. The average molecular weight is 282 g/mol. The van der Waals surface area contributed by atoms with Crippen LogP contribution in [0.2, 0.25) is 5.02 Å². The van der Waals surface area contributed by atoms with Gasteiger partial charge in [-0.3, -0.25) is 4.79 Å². The standard InChI is InChI=1S/C14H20ClN3O/c1-14(4-6-16-7-5-14)17-13(19)12-8-10(15)9-18(12)11-2-3-11/h8-9,11,16H,2-7H2,1H3,(H,17,19). The van der Waals surface area contributed by atoms with Gasteiger partial charge in [0.05, 0.1) is 5.02 Å². The van der Waals surface area contributed by atoms with Crippen molar-refractivity contribution in [2.75, 3.05) is 13.1 Å². The molecular weight excluding hydrogens is 262 g/mol. The summed E-state index contributed by atoms with van der Waals surface area (Å²) in [5.41, 5.74) is 0.597. The molecule has 1 amide bonds. The molecule has 2 N–H and O–H groups in total. The van der Waals surface area contributed by atoms with Crippen LogP contribution in [0.25, 0.3) is 0 Å². The van der Waals surface area contributed by atoms with Gasteiger partial charge >= 0.3 is 0 Å². The number of nitrogens with zero attached hydrogens (tertiary/aromatic N) is 1. The molecule has 2 fully saturated rings. The Morgan fingerprint density at radius 3 is 2.79 bits per heavy atom. The van der Waals surface area contributed by atoms with Gasteiger partial charge in [0.2, 0.25) is 0 Å². The fourth-order valence-corrected chi connectivity index (χ4v) is 2.93. The van der Waals surface area contributed by atoms with Crippen LogP contribution in [0.3, 0.4) is 0 Å². The lowest BCUT2D eigenvalue weighted by Crippen LogP contribution is -2.52. The monoisotopic (exact) mass is 281 g/mol. The summed E-state index contributed by atoms with van der Waals surface area (Å²) in [6.45, 7) is 4.04. The van der Waals surface area contributed by atoms with Crippen LogP contribution in [-0.2, 0) is 0 Å². The molecule has 0 bridgehead atoms. The average Bonchev–Trinajstić information content (AvgIpc) is 3.12. The first-order chi connectivity index (χ1) is 9.07. The largest absolute Gasteiger partial charge is 0.346 e. The van der Waals surface area contributed by atoms with Crippen LogP contribution in [0, 0.1) is 0 Å². The number of carbonyl (C=O) groups is 1. The second-order valence-electron chi connectivity index (χ2n) is 5.95. The van der Waals surface area contributed by atoms with Gasteiger partial charge in [-0.25, -0.2) is 0 Å². The number of halogens is 1. The molecule has 1 saturated heterocycles. The van der Waals surface area contributed by atoms with Crippen LogP contribution in [0.15, 0.2) is 12.3 Å². The first-order valence-electron chi connectivity index (χ1n) is 6.98. The topological polar surface area (TPSA) is 46.1 Å². The Morgan fingerprint density at radius 1 is 1.47 bits per heavy atom. The highest BCUT2D eigenvalue weighted by molar-refractivity contribution is 6.31. The Balaban J connectivity index is 1.76. The molecule has 1 saturated carbocycles. The van der Waals surface area contributed by atoms with Gasteiger partial charge in [-0.1, -0.05) is 11.6 Å². The summed E-state index contributed by atoms with van der Waals surface area (Å²) in [6.07, 6.45) is 6.10. The molecule has 2 heterocycles. The molecule has 2 aliphatic rings. The summed E-state index contributed by atoms with van der Waals surface area (Å²) >= 11 is 6.05. The zero-order valence-electron chi connectivity index (χ0n) is 11.2. The van der Waals surface area contributed by atoms with E-state index in [1.54, 1.807) is 6.07 Å². The minimum Gasteiger partial charge on any atom is -0.346 e. The van der Waals surface area contributed by atoms with Crippen molar-refractivity contribution in [3.05, 3.63) is 23.0 Å². The summed E-state index contributed by atoms with van der Waals surface area (Å²) in [5.74, 6) is 0.00296. The van der Waals surface area contributed by atoms with Crippen LogP contribution in [0.4, 0.5) is 0 Å². The molecule has 4 nitrogen and oxygen atoms in total. The minimum absolute atomic E-state index is 0.00296. The van der Waals surface area contributed by atoms with E-state index in [4.69, 9.17) is 11.6 Å². The Hall–Kier alpha value is -1.00.